The first kappa shape index (κ1) is 15.6. The van der Waals surface area contributed by atoms with E-state index in [1.165, 1.54) is 0 Å². The summed E-state index contributed by atoms with van der Waals surface area (Å²) in [4.78, 5) is 3.15. The fourth-order valence-electron chi connectivity index (χ4n) is 2.48. The summed E-state index contributed by atoms with van der Waals surface area (Å²) in [6.07, 6.45) is 1.88. The topological polar surface area (TPSA) is 62.0 Å². The van der Waals surface area contributed by atoms with Crippen LogP contribution in [-0.4, -0.2) is 16.2 Å². The van der Waals surface area contributed by atoms with Gasteiger partial charge in [-0.25, -0.2) is 0 Å². The van der Waals surface area contributed by atoms with Crippen molar-refractivity contribution in [2.45, 2.75) is 18.6 Å². The lowest BCUT2D eigenvalue weighted by Gasteiger charge is -2.19. The fourth-order valence-corrected chi connectivity index (χ4v) is 2.48. The Morgan fingerprint density at radius 3 is 2.57 bits per heavy atom. The number of aliphatic hydroxyl groups is 1. The van der Waals surface area contributed by atoms with Crippen molar-refractivity contribution in [3.8, 4) is 0 Å². The molecule has 0 amide bonds. The molecule has 0 unspecified atom stereocenters. The van der Waals surface area contributed by atoms with E-state index >= 15 is 0 Å². The van der Waals surface area contributed by atoms with Crippen molar-refractivity contribution in [1.82, 2.24) is 4.98 Å². The summed E-state index contributed by atoms with van der Waals surface area (Å²) >= 11 is 0. The first-order valence-corrected chi connectivity index (χ1v) is 6.78. The van der Waals surface area contributed by atoms with Gasteiger partial charge in [-0.3, -0.25) is 0 Å². The first-order chi connectivity index (χ1) is 9.74. The second-order valence-electron chi connectivity index (χ2n) is 5.11. The Bertz CT molecular complexity index is 696. The number of nitrogens with one attached hydrogen (secondary N) is 1. The van der Waals surface area contributed by atoms with Crippen molar-refractivity contribution in [2.24, 2.45) is 5.73 Å². The molecule has 0 fully saturated rings. The quantitative estimate of drug-likeness (QED) is 0.693. The number of H-pyrrole nitrogens is 1. The third kappa shape index (κ3) is 3.45. The lowest BCUT2D eigenvalue weighted by molar-refractivity contribution is 0.145. The van der Waals surface area contributed by atoms with Crippen LogP contribution in [0.1, 0.15) is 17.2 Å². The van der Waals surface area contributed by atoms with Crippen LogP contribution in [0.3, 0.4) is 0 Å². The van der Waals surface area contributed by atoms with E-state index in [-0.39, 0.29) is 18.4 Å². The Morgan fingerprint density at radius 2 is 1.81 bits per heavy atom. The Kier molecular flexibility index (Phi) is 5.02. The highest BCUT2D eigenvalue weighted by molar-refractivity contribution is 5.85. The smallest absolute Gasteiger partial charge is 0.0773 e. The zero-order valence-corrected chi connectivity index (χ0v) is 12.4. The van der Waals surface area contributed by atoms with E-state index in [0.29, 0.717) is 6.42 Å². The van der Waals surface area contributed by atoms with Gasteiger partial charge in [-0.1, -0.05) is 36.4 Å². The van der Waals surface area contributed by atoms with Gasteiger partial charge in [0.25, 0.3) is 0 Å². The van der Waals surface area contributed by atoms with Gasteiger partial charge in [0.2, 0.25) is 0 Å². The molecule has 0 aliphatic heterocycles. The minimum absolute atomic E-state index is 0. The summed E-state index contributed by atoms with van der Waals surface area (Å²) in [6.45, 7) is 0. The van der Waals surface area contributed by atoms with Gasteiger partial charge in [-0.05, 0) is 34.7 Å². The molecule has 0 radical (unpaired) electrons. The summed E-state index contributed by atoms with van der Waals surface area (Å²) in [5.74, 6) is 0. The van der Waals surface area contributed by atoms with E-state index in [4.69, 9.17) is 5.73 Å². The van der Waals surface area contributed by atoms with Crippen LogP contribution in [0.15, 0.2) is 60.8 Å². The maximum atomic E-state index is 10.3. The number of fused-ring (bicyclic) bond motifs is 1. The Morgan fingerprint density at radius 1 is 1.05 bits per heavy atom. The number of benzene rings is 2. The number of halogens is 1. The molecule has 0 saturated heterocycles. The molecule has 2 aromatic carbocycles. The molecule has 1 heterocycles. The largest absolute Gasteiger partial charge is 0.391 e. The number of hydrogen-bond acceptors (Lipinski definition) is 2. The first-order valence-electron chi connectivity index (χ1n) is 6.78. The second-order valence-corrected chi connectivity index (χ2v) is 5.11. The fraction of sp³-hybridized carbons (Fsp3) is 0.176. The molecule has 0 spiro atoms. The van der Waals surface area contributed by atoms with Crippen molar-refractivity contribution >= 4 is 23.3 Å². The number of rotatable bonds is 4. The van der Waals surface area contributed by atoms with Gasteiger partial charge in [0.1, 0.15) is 0 Å². The number of nitrogens with two attached hydrogens (primary N) is 1. The number of aromatic amines is 1. The third-order valence-corrected chi connectivity index (χ3v) is 3.66. The molecule has 0 aliphatic carbocycles. The highest BCUT2D eigenvalue weighted by Gasteiger charge is 2.17. The maximum absolute atomic E-state index is 10.3. The van der Waals surface area contributed by atoms with Crippen LogP contribution < -0.4 is 5.73 Å². The van der Waals surface area contributed by atoms with Gasteiger partial charge in [0, 0.05) is 18.1 Å². The van der Waals surface area contributed by atoms with Crippen LogP contribution in [0.4, 0.5) is 0 Å². The van der Waals surface area contributed by atoms with E-state index in [0.717, 1.165) is 22.0 Å². The van der Waals surface area contributed by atoms with Crippen molar-refractivity contribution in [3.63, 3.8) is 0 Å². The van der Waals surface area contributed by atoms with Crippen LogP contribution in [0.5, 0.6) is 0 Å². The zero-order chi connectivity index (χ0) is 13.9. The van der Waals surface area contributed by atoms with Gasteiger partial charge in [-0.15, -0.1) is 12.4 Å². The Balaban J connectivity index is 0.00000161. The van der Waals surface area contributed by atoms with Crippen LogP contribution in [0, 0.1) is 0 Å². The molecule has 0 aliphatic rings. The normalized spacial score (nSPS) is 13.6. The zero-order valence-electron chi connectivity index (χ0n) is 11.6. The molecule has 0 saturated carbocycles. The second kappa shape index (κ2) is 6.76. The summed E-state index contributed by atoms with van der Waals surface area (Å²) in [7, 11) is 0. The van der Waals surface area contributed by atoms with E-state index in [1.54, 1.807) is 0 Å². The summed E-state index contributed by atoms with van der Waals surface area (Å²) < 4.78 is 0. The van der Waals surface area contributed by atoms with E-state index in [2.05, 4.69) is 4.98 Å². The van der Waals surface area contributed by atoms with E-state index in [1.807, 2.05) is 60.8 Å². The van der Waals surface area contributed by atoms with Gasteiger partial charge in [-0.2, -0.15) is 0 Å². The minimum atomic E-state index is -0.589. The van der Waals surface area contributed by atoms with Crippen molar-refractivity contribution < 1.29 is 5.11 Å². The van der Waals surface area contributed by atoms with E-state index < -0.39 is 6.10 Å². The standard InChI is InChI=1S/C17H18N2O.ClH/c18-17(16(20)10-12-4-2-1-3-5-12)14-6-7-15-13(11-14)8-9-19-15;/h1-9,11,16-17,19-20H,10,18H2;1H/t16-,17+;/m1./s1. The molecule has 4 heteroatoms. The van der Waals surface area contributed by atoms with Crippen molar-refractivity contribution in [3.05, 3.63) is 71.9 Å². The molecule has 3 aromatic rings. The van der Waals surface area contributed by atoms with Gasteiger partial charge in [0.15, 0.2) is 0 Å². The van der Waals surface area contributed by atoms with Crippen molar-refractivity contribution in [1.29, 1.82) is 0 Å². The number of aromatic nitrogens is 1. The van der Waals surface area contributed by atoms with Crippen LogP contribution in [0.25, 0.3) is 10.9 Å². The summed E-state index contributed by atoms with van der Waals surface area (Å²) in [5, 5.41) is 11.4. The SMILES string of the molecule is Cl.N[C@@H](c1ccc2[nH]ccc2c1)[C@H](O)Cc1ccccc1. The van der Waals surface area contributed by atoms with E-state index in [9.17, 15) is 5.11 Å². The third-order valence-electron chi connectivity index (χ3n) is 3.66. The van der Waals surface area contributed by atoms with Gasteiger partial charge in [0.05, 0.1) is 12.1 Å². The number of aliphatic hydroxyl groups excluding tert-OH is 1. The van der Waals surface area contributed by atoms with Crippen LogP contribution >= 0.6 is 12.4 Å². The lowest BCUT2D eigenvalue weighted by Crippen LogP contribution is -2.28. The average molecular weight is 303 g/mol. The van der Waals surface area contributed by atoms with Crippen molar-refractivity contribution in [2.75, 3.05) is 0 Å². The molecule has 110 valence electrons. The average Bonchev–Trinajstić information content (AvgIpc) is 2.94. The Hall–Kier alpha value is -1.81. The molecule has 1 aromatic heterocycles. The predicted molar refractivity (Wildman–Crippen MR) is 88.6 cm³/mol. The molecule has 3 nitrogen and oxygen atoms in total. The lowest BCUT2D eigenvalue weighted by atomic mass is 9.96. The highest BCUT2D eigenvalue weighted by Crippen LogP contribution is 2.22. The molecule has 4 N–H and O–H groups in total. The predicted octanol–water partition coefficient (Wildman–Crippen LogP) is 3.19. The number of hydrogen-bond donors (Lipinski definition) is 3. The summed E-state index contributed by atoms with van der Waals surface area (Å²) in [5.41, 5.74) is 9.32. The minimum Gasteiger partial charge on any atom is -0.391 e. The van der Waals surface area contributed by atoms with Gasteiger partial charge >= 0.3 is 0 Å². The molecule has 21 heavy (non-hydrogen) atoms. The highest BCUT2D eigenvalue weighted by atomic mass is 35.5. The maximum Gasteiger partial charge on any atom is 0.0773 e. The Labute approximate surface area is 130 Å². The molecule has 0 bridgehead atoms. The van der Waals surface area contributed by atoms with Crippen LogP contribution in [0.2, 0.25) is 0 Å². The molecule has 3 rings (SSSR count). The summed E-state index contributed by atoms with van der Waals surface area (Å²) in [6, 6.07) is 17.6. The van der Waals surface area contributed by atoms with Gasteiger partial charge < -0.3 is 15.8 Å². The molecular formula is C17H19ClN2O. The molecular weight excluding hydrogens is 284 g/mol. The van der Waals surface area contributed by atoms with Crippen LogP contribution in [-0.2, 0) is 6.42 Å². The molecule has 2 atom stereocenters. The monoisotopic (exact) mass is 302 g/mol.